The molecule has 2 aromatic carbocycles. The van der Waals surface area contributed by atoms with Gasteiger partial charge in [0.05, 0.1) is 0 Å². The molecular formula is C19H23ClN2O. The van der Waals surface area contributed by atoms with E-state index in [9.17, 15) is 4.79 Å². The van der Waals surface area contributed by atoms with Gasteiger partial charge in [-0.15, -0.1) is 12.4 Å². The summed E-state index contributed by atoms with van der Waals surface area (Å²) < 4.78 is 0. The third kappa shape index (κ3) is 3.51. The Morgan fingerprint density at radius 1 is 1.13 bits per heavy atom. The monoisotopic (exact) mass is 330 g/mol. The summed E-state index contributed by atoms with van der Waals surface area (Å²) in [7, 11) is 0. The van der Waals surface area contributed by atoms with Gasteiger partial charge >= 0.3 is 0 Å². The molecule has 1 saturated heterocycles. The van der Waals surface area contributed by atoms with E-state index in [1.54, 1.807) is 0 Å². The molecule has 4 rings (SSSR count). The Kier molecular flexibility index (Phi) is 4.88. The molecular weight excluding hydrogens is 308 g/mol. The van der Waals surface area contributed by atoms with Crippen molar-refractivity contribution in [2.24, 2.45) is 5.92 Å². The summed E-state index contributed by atoms with van der Waals surface area (Å²) in [5.41, 5.74) is 1.31. The van der Waals surface area contributed by atoms with Crippen LogP contribution in [0.1, 0.15) is 30.7 Å². The van der Waals surface area contributed by atoms with Gasteiger partial charge in [0.2, 0.25) is 5.91 Å². The van der Waals surface area contributed by atoms with Crippen LogP contribution in [0.3, 0.4) is 0 Å². The third-order valence-electron chi connectivity index (χ3n) is 4.97. The van der Waals surface area contributed by atoms with Crippen LogP contribution in [0, 0.1) is 5.92 Å². The molecule has 0 bridgehead atoms. The Morgan fingerprint density at radius 3 is 2.74 bits per heavy atom. The zero-order valence-electron chi connectivity index (χ0n) is 13.1. The minimum Gasteiger partial charge on any atom is -0.352 e. The van der Waals surface area contributed by atoms with Gasteiger partial charge in [-0.05, 0) is 48.1 Å². The van der Waals surface area contributed by atoms with Crippen molar-refractivity contribution >= 4 is 29.1 Å². The molecule has 4 heteroatoms. The highest BCUT2D eigenvalue weighted by Crippen LogP contribution is 2.48. The Labute approximate surface area is 143 Å². The highest BCUT2D eigenvalue weighted by molar-refractivity contribution is 5.86. The van der Waals surface area contributed by atoms with E-state index in [-0.39, 0.29) is 24.2 Å². The van der Waals surface area contributed by atoms with Gasteiger partial charge in [0.1, 0.15) is 0 Å². The fourth-order valence-corrected chi connectivity index (χ4v) is 3.57. The standard InChI is InChI=1S/C19H22N2O.ClH/c22-19(21-16-6-3-9-20-12-16)18-11-17(18)15-8-7-13-4-1-2-5-14(13)10-15;/h1-2,4-5,7-8,10,16-18,20H,3,6,9,11-12H2,(H,21,22);1H/t16-,17?,18?;/m0./s1. The second-order valence-corrected chi connectivity index (χ2v) is 6.61. The van der Waals surface area contributed by atoms with Crippen molar-refractivity contribution in [1.82, 2.24) is 10.6 Å². The molecule has 0 aromatic heterocycles. The average molecular weight is 331 g/mol. The molecule has 0 radical (unpaired) electrons. The van der Waals surface area contributed by atoms with E-state index in [4.69, 9.17) is 0 Å². The minimum absolute atomic E-state index is 0. The van der Waals surface area contributed by atoms with Gasteiger partial charge in [-0.1, -0.05) is 42.5 Å². The first kappa shape index (κ1) is 16.3. The van der Waals surface area contributed by atoms with Crippen molar-refractivity contribution in [3.05, 3.63) is 48.0 Å². The number of hydrogen-bond donors (Lipinski definition) is 2. The maximum Gasteiger partial charge on any atom is 0.224 e. The number of carbonyl (C=O) groups excluding carboxylic acids is 1. The first-order chi connectivity index (χ1) is 10.8. The summed E-state index contributed by atoms with van der Waals surface area (Å²) in [5, 5.41) is 9.10. The van der Waals surface area contributed by atoms with E-state index in [2.05, 4.69) is 53.1 Å². The van der Waals surface area contributed by atoms with E-state index in [0.717, 1.165) is 32.4 Å². The van der Waals surface area contributed by atoms with E-state index < -0.39 is 0 Å². The summed E-state index contributed by atoms with van der Waals surface area (Å²) in [6, 6.07) is 15.3. The lowest BCUT2D eigenvalue weighted by Crippen LogP contribution is -2.46. The number of halogens is 1. The fraction of sp³-hybridized carbons (Fsp3) is 0.421. The molecule has 1 amide bonds. The van der Waals surface area contributed by atoms with Crippen LogP contribution in [0.5, 0.6) is 0 Å². The lowest BCUT2D eigenvalue weighted by Gasteiger charge is -2.23. The Morgan fingerprint density at radius 2 is 1.96 bits per heavy atom. The number of fused-ring (bicyclic) bond motifs is 1. The summed E-state index contributed by atoms with van der Waals surface area (Å²) >= 11 is 0. The molecule has 1 heterocycles. The molecule has 23 heavy (non-hydrogen) atoms. The maximum absolute atomic E-state index is 12.4. The van der Waals surface area contributed by atoms with E-state index in [0.29, 0.717) is 12.0 Å². The zero-order valence-corrected chi connectivity index (χ0v) is 13.9. The topological polar surface area (TPSA) is 41.1 Å². The number of rotatable bonds is 3. The lowest BCUT2D eigenvalue weighted by molar-refractivity contribution is -0.123. The van der Waals surface area contributed by atoms with E-state index >= 15 is 0 Å². The third-order valence-corrected chi connectivity index (χ3v) is 4.97. The number of benzene rings is 2. The second kappa shape index (κ2) is 6.90. The molecule has 3 nitrogen and oxygen atoms in total. The molecule has 2 N–H and O–H groups in total. The molecule has 3 atom stereocenters. The highest BCUT2D eigenvalue weighted by atomic mass is 35.5. The summed E-state index contributed by atoms with van der Waals surface area (Å²) in [4.78, 5) is 12.4. The van der Waals surface area contributed by atoms with Crippen LogP contribution < -0.4 is 10.6 Å². The summed E-state index contributed by atoms with van der Waals surface area (Å²) in [6.07, 6.45) is 3.25. The minimum atomic E-state index is 0. The van der Waals surface area contributed by atoms with Gasteiger partial charge in [0, 0.05) is 18.5 Å². The smallest absolute Gasteiger partial charge is 0.224 e. The summed E-state index contributed by atoms with van der Waals surface area (Å²) in [5.74, 6) is 0.816. The lowest BCUT2D eigenvalue weighted by atomic mass is 10.0. The van der Waals surface area contributed by atoms with Crippen LogP contribution in [-0.2, 0) is 4.79 Å². The Balaban J connectivity index is 0.00000156. The second-order valence-electron chi connectivity index (χ2n) is 6.61. The highest BCUT2D eigenvalue weighted by Gasteiger charge is 2.44. The molecule has 1 saturated carbocycles. The molecule has 122 valence electrons. The normalized spacial score (nSPS) is 26.3. The predicted molar refractivity (Wildman–Crippen MR) is 96.1 cm³/mol. The SMILES string of the molecule is Cl.O=C(N[C@H]1CCCNC1)C1CC1c1ccc2ccccc2c1. The summed E-state index contributed by atoms with van der Waals surface area (Å²) in [6.45, 7) is 1.99. The Bertz CT molecular complexity index is 697. The predicted octanol–water partition coefficient (Wildman–Crippen LogP) is 3.23. The number of carbonyl (C=O) groups is 1. The molecule has 0 spiro atoms. The van der Waals surface area contributed by atoms with Crippen LogP contribution in [0.15, 0.2) is 42.5 Å². The van der Waals surface area contributed by atoms with Gasteiger partial charge in [0.15, 0.2) is 0 Å². The first-order valence-electron chi connectivity index (χ1n) is 8.31. The van der Waals surface area contributed by atoms with Crippen molar-refractivity contribution in [3.8, 4) is 0 Å². The van der Waals surface area contributed by atoms with Gasteiger partial charge in [-0.3, -0.25) is 4.79 Å². The van der Waals surface area contributed by atoms with Crippen molar-refractivity contribution in [2.75, 3.05) is 13.1 Å². The van der Waals surface area contributed by atoms with Crippen molar-refractivity contribution in [2.45, 2.75) is 31.2 Å². The van der Waals surface area contributed by atoms with Gasteiger partial charge in [-0.25, -0.2) is 0 Å². The van der Waals surface area contributed by atoms with E-state index in [1.165, 1.54) is 16.3 Å². The van der Waals surface area contributed by atoms with Crippen molar-refractivity contribution in [3.63, 3.8) is 0 Å². The van der Waals surface area contributed by atoms with Gasteiger partial charge in [-0.2, -0.15) is 0 Å². The van der Waals surface area contributed by atoms with Crippen molar-refractivity contribution in [1.29, 1.82) is 0 Å². The van der Waals surface area contributed by atoms with Crippen LogP contribution in [0.4, 0.5) is 0 Å². The fourth-order valence-electron chi connectivity index (χ4n) is 3.57. The average Bonchev–Trinajstić information content (AvgIpc) is 3.36. The zero-order chi connectivity index (χ0) is 14.9. The molecule has 2 aliphatic rings. The molecule has 1 aliphatic carbocycles. The van der Waals surface area contributed by atoms with Crippen molar-refractivity contribution < 1.29 is 4.79 Å². The number of piperidine rings is 1. The van der Waals surface area contributed by atoms with E-state index in [1.807, 2.05) is 0 Å². The van der Waals surface area contributed by atoms with Crippen LogP contribution in [0.2, 0.25) is 0 Å². The first-order valence-corrected chi connectivity index (χ1v) is 8.31. The van der Waals surface area contributed by atoms with Crippen LogP contribution in [0.25, 0.3) is 10.8 Å². The van der Waals surface area contributed by atoms with Crippen LogP contribution in [-0.4, -0.2) is 25.0 Å². The molecule has 1 aliphatic heterocycles. The molecule has 2 fully saturated rings. The van der Waals surface area contributed by atoms with Gasteiger partial charge < -0.3 is 10.6 Å². The number of hydrogen-bond acceptors (Lipinski definition) is 2. The Hall–Kier alpha value is -1.58. The molecule has 2 aromatic rings. The quantitative estimate of drug-likeness (QED) is 0.907. The van der Waals surface area contributed by atoms with Gasteiger partial charge in [0.25, 0.3) is 0 Å². The number of amides is 1. The molecule has 2 unspecified atom stereocenters. The van der Waals surface area contributed by atoms with Crippen LogP contribution >= 0.6 is 12.4 Å². The maximum atomic E-state index is 12.4. The number of nitrogens with one attached hydrogen (secondary N) is 2. The largest absolute Gasteiger partial charge is 0.352 e.